The first-order valence-electron chi connectivity index (χ1n) is 10.5. The minimum atomic E-state index is -2.39. The summed E-state index contributed by atoms with van der Waals surface area (Å²) in [4.78, 5) is 0. The van der Waals surface area contributed by atoms with Crippen LogP contribution >= 0.6 is 17.1 Å². The predicted octanol–water partition coefficient (Wildman–Crippen LogP) is 7.82. The first-order chi connectivity index (χ1) is 14.5. The molecule has 0 aliphatic carbocycles. The van der Waals surface area contributed by atoms with Crippen molar-refractivity contribution in [1.29, 1.82) is 0 Å². The van der Waals surface area contributed by atoms with Crippen LogP contribution in [0.2, 0.25) is 0 Å². The molecule has 0 aromatic carbocycles. The zero-order valence-electron chi connectivity index (χ0n) is 22.1. The molecule has 6 nitrogen and oxygen atoms in total. The van der Waals surface area contributed by atoms with E-state index >= 15 is 0 Å². The van der Waals surface area contributed by atoms with Crippen molar-refractivity contribution in [3.8, 4) is 0 Å². The standard InChI is InChI=1S/3C6H15O2PS2.Fe/c3*1-5(2)7-9(10,11)8-6(3)4;/h3*5-6H,1-4H3,(H,10,11);/q;;;+3/p-3. The molecule has 0 aromatic rings. The van der Waals surface area contributed by atoms with Crippen LogP contribution in [0.4, 0.5) is 0 Å². The van der Waals surface area contributed by atoms with Crippen molar-refractivity contribution >= 4 is 89.2 Å². The van der Waals surface area contributed by atoms with Gasteiger partial charge in [0.05, 0.1) is 53.7 Å². The van der Waals surface area contributed by atoms with Crippen LogP contribution in [0.25, 0.3) is 0 Å². The monoisotopic (exact) mass is 695 g/mol. The summed E-state index contributed by atoms with van der Waals surface area (Å²) >= 11 is 29.9. The number of hydrogen-bond acceptors (Lipinski definition) is 12. The second-order valence-corrected chi connectivity index (χ2v) is 22.9. The average molecular weight is 696 g/mol. The molecule has 1 radical (unpaired) electrons. The van der Waals surface area contributed by atoms with Crippen molar-refractivity contribution in [3.05, 3.63) is 0 Å². The van der Waals surface area contributed by atoms with Crippen molar-refractivity contribution in [3.63, 3.8) is 0 Å². The molecule has 0 saturated heterocycles. The molecule has 0 saturated carbocycles. The van der Waals surface area contributed by atoms with Crippen LogP contribution in [0, 0.1) is 0 Å². The van der Waals surface area contributed by atoms with E-state index in [0.29, 0.717) is 0 Å². The van der Waals surface area contributed by atoms with Crippen LogP contribution in [0.5, 0.6) is 0 Å². The van der Waals surface area contributed by atoms with Gasteiger partial charge in [-0.2, -0.15) is 0 Å². The summed E-state index contributed by atoms with van der Waals surface area (Å²) in [6.07, 6.45) is 0.317. The fraction of sp³-hybridized carbons (Fsp3) is 1.00. The molecule has 0 unspecified atom stereocenters. The van der Waals surface area contributed by atoms with Gasteiger partial charge in [0, 0.05) is 0 Å². The van der Waals surface area contributed by atoms with Gasteiger partial charge >= 0.3 is 17.1 Å². The molecule has 0 aliphatic rings. The van der Waals surface area contributed by atoms with Gasteiger partial charge in [-0.3, -0.25) is 0 Å². The Morgan fingerprint density at radius 3 is 0.529 bits per heavy atom. The summed E-state index contributed by atoms with van der Waals surface area (Å²) in [6.45, 7) is 22.8. The summed E-state index contributed by atoms with van der Waals surface area (Å²) < 4.78 is 31.6. The predicted molar refractivity (Wildman–Crippen MR) is 162 cm³/mol. The van der Waals surface area contributed by atoms with Crippen LogP contribution in [-0.2, 0) is 116 Å². The third-order valence-corrected chi connectivity index (χ3v) is 9.22. The Labute approximate surface area is 251 Å². The minimum Gasteiger partial charge on any atom is -0.691 e. The Hall–Kier alpha value is 3.28. The van der Waals surface area contributed by atoms with Gasteiger partial charge in [-0.25, -0.2) is 0 Å². The summed E-state index contributed by atoms with van der Waals surface area (Å²) in [6, 6.07) is 0. The molecule has 16 heteroatoms. The fourth-order valence-electron chi connectivity index (χ4n) is 1.62. The quantitative estimate of drug-likeness (QED) is 0.114. The zero-order valence-corrected chi connectivity index (χ0v) is 30.7. The van der Waals surface area contributed by atoms with E-state index in [4.69, 9.17) is 99.3 Å². The van der Waals surface area contributed by atoms with Crippen molar-refractivity contribution < 1.29 is 44.2 Å². The first-order valence-corrected chi connectivity index (χ1v) is 21.5. The Morgan fingerprint density at radius 1 is 0.382 bits per heavy atom. The van der Waals surface area contributed by atoms with Gasteiger partial charge in [-0.15, -0.1) is 0 Å². The molecular formula is C18H42FeO6P3S6. The van der Waals surface area contributed by atoms with Crippen LogP contribution in [0.1, 0.15) is 83.1 Å². The van der Waals surface area contributed by atoms with Crippen LogP contribution < -0.4 is 0 Å². The van der Waals surface area contributed by atoms with Gasteiger partial charge in [0.1, 0.15) is 0 Å². The zero-order chi connectivity index (χ0) is 27.2. The van der Waals surface area contributed by atoms with Gasteiger partial charge in [0.25, 0.3) is 0 Å². The summed E-state index contributed by atoms with van der Waals surface area (Å²) in [5.41, 5.74) is -7.16. The fourth-order valence-corrected chi connectivity index (χ4v) is 11.1. The van der Waals surface area contributed by atoms with Crippen molar-refractivity contribution in [1.82, 2.24) is 0 Å². The third-order valence-electron chi connectivity index (χ3n) is 2.04. The summed E-state index contributed by atoms with van der Waals surface area (Å²) in [7, 11) is 0. The second-order valence-electron chi connectivity index (χ2n) is 8.27. The molecule has 0 bridgehead atoms. The van der Waals surface area contributed by atoms with E-state index < -0.39 is 17.1 Å². The van der Waals surface area contributed by atoms with E-state index in [-0.39, 0.29) is 53.7 Å². The van der Waals surface area contributed by atoms with Crippen LogP contribution in [-0.4, -0.2) is 36.6 Å². The third kappa shape index (κ3) is 37.4. The molecule has 0 atom stereocenters. The molecule has 34 heavy (non-hydrogen) atoms. The Morgan fingerprint density at radius 2 is 0.471 bits per heavy atom. The van der Waals surface area contributed by atoms with Crippen molar-refractivity contribution in [2.75, 3.05) is 0 Å². The molecule has 0 N–H and O–H groups in total. The number of hydrogen-bond donors (Lipinski definition) is 0. The van der Waals surface area contributed by atoms with Crippen molar-refractivity contribution in [2.24, 2.45) is 0 Å². The van der Waals surface area contributed by atoms with E-state index in [1.165, 1.54) is 0 Å². The van der Waals surface area contributed by atoms with Gasteiger partial charge in [-0.1, -0.05) is 35.4 Å². The Balaban J connectivity index is -0.000000196. The molecule has 0 fully saturated rings. The van der Waals surface area contributed by atoms with Crippen molar-refractivity contribution in [2.45, 2.75) is 120 Å². The molecule has 0 aliphatic heterocycles. The molecule has 0 aromatic heterocycles. The maximum Gasteiger partial charge on any atom is 3.00 e. The first kappa shape index (κ1) is 44.3. The Bertz CT molecular complexity index is 526. The van der Waals surface area contributed by atoms with Gasteiger partial charge in [0.15, 0.2) is 0 Å². The van der Waals surface area contributed by atoms with Gasteiger partial charge < -0.3 is 63.9 Å². The second kappa shape index (κ2) is 22.0. The van der Waals surface area contributed by atoms with E-state index in [9.17, 15) is 0 Å². The summed E-state index contributed by atoms with van der Waals surface area (Å²) in [5, 5.41) is 0. The normalized spacial score (nSPS) is 12.6. The molecular weight excluding hydrogens is 653 g/mol. The smallest absolute Gasteiger partial charge is 0.691 e. The molecule has 0 heterocycles. The largest absolute Gasteiger partial charge is 3.00 e. The Kier molecular flexibility index (Phi) is 28.7. The minimum absolute atomic E-state index is 0. The molecule has 0 amide bonds. The van der Waals surface area contributed by atoms with E-state index in [0.717, 1.165) is 0 Å². The van der Waals surface area contributed by atoms with Crippen LogP contribution in [0.15, 0.2) is 0 Å². The average Bonchev–Trinajstić information content (AvgIpc) is 2.38. The van der Waals surface area contributed by atoms with E-state index in [1.807, 2.05) is 83.1 Å². The summed E-state index contributed by atoms with van der Waals surface area (Å²) in [5.74, 6) is 0. The molecule has 209 valence electrons. The maximum atomic E-state index is 5.27. The van der Waals surface area contributed by atoms with E-state index in [1.54, 1.807) is 0 Å². The van der Waals surface area contributed by atoms with Gasteiger partial charge in [0.2, 0.25) is 0 Å². The topological polar surface area (TPSA) is 55.4 Å². The number of rotatable bonds is 12. The van der Waals surface area contributed by atoms with Crippen LogP contribution in [0.3, 0.4) is 0 Å². The molecule has 0 rings (SSSR count). The van der Waals surface area contributed by atoms with E-state index in [2.05, 4.69) is 0 Å². The maximum absolute atomic E-state index is 5.27. The SMILES string of the molecule is CC(C)OP(=S)([S-])OC(C)C.CC(C)OP(=S)([S-])OC(C)C.CC(C)OP(=S)([S-])OC(C)C.[Fe+3]. The molecule has 0 spiro atoms. The van der Waals surface area contributed by atoms with Gasteiger partial charge in [-0.05, 0) is 83.1 Å².